The first-order chi connectivity index (χ1) is 41.5. The maximum Gasteiger partial charge on any atom is 0.305 e. The lowest BCUT2D eigenvalue weighted by atomic mass is 10.0. The molecule has 1 amide bonds. The Labute approximate surface area is 525 Å². The molecule has 496 valence electrons. The van der Waals surface area contributed by atoms with Crippen molar-refractivity contribution in [3.63, 3.8) is 0 Å². The number of aliphatic hydroxyl groups excluding tert-OH is 2. The second-order valence-electron chi connectivity index (χ2n) is 26.3. The fourth-order valence-electron chi connectivity index (χ4n) is 12.1. The number of aliphatic hydroxyl groups is 2. The average Bonchev–Trinajstić information content (AvgIpc) is 3.53. The Hall–Kier alpha value is -1.92. The van der Waals surface area contributed by atoms with Crippen molar-refractivity contribution in [2.45, 2.75) is 437 Å². The molecule has 0 spiro atoms. The van der Waals surface area contributed by atoms with Gasteiger partial charge in [-0.25, -0.2) is 0 Å². The predicted octanol–water partition coefficient (Wildman–Crippen LogP) is 25.0. The van der Waals surface area contributed by atoms with Gasteiger partial charge in [0.15, 0.2) is 0 Å². The van der Waals surface area contributed by atoms with Gasteiger partial charge < -0.3 is 20.3 Å². The minimum absolute atomic E-state index is 0.00783. The lowest BCUT2D eigenvalue weighted by molar-refractivity contribution is -0.143. The molecule has 3 N–H and O–H groups in total. The molecule has 0 aromatic carbocycles. The standard InChI is InChI=1S/C78H149NO5/c1-3-5-7-9-11-13-15-17-42-46-50-54-58-62-66-70-76(81)75(74-80)79-77(82)71-67-63-59-55-51-47-44-40-38-36-34-32-30-28-26-24-22-20-19-21-23-25-27-29-31-33-35-37-39-41-45-49-53-57-61-65-69-73-84-78(83)72-68-64-60-56-52-48-43-18-16-14-12-10-8-6-4-2/h12,14,18-19,21,43,75-76,80-81H,3-11,13,15-17,20,22-42,44-74H2,1-2H3,(H,79,82)/b14-12-,21-19-,43-18-. The number of esters is 1. The average molecular weight is 1180 g/mol. The first-order valence-corrected chi connectivity index (χ1v) is 38.2. The van der Waals surface area contributed by atoms with Gasteiger partial charge >= 0.3 is 5.97 Å². The van der Waals surface area contributed by atoms with Crippen molar-refractivity contribution >= 4 is 11.9 Å². The summed E-state index contributed by atoms with van der Waals surface area (Å²) >= 11 is 0. The quantitative estimate of drug-likeness (QED) is 0.0320. The molecule has 0 rings (SSSR count). The molecule has 6 nitrogen and oxygen atoms in total. The monoisotopic (exact) mass is 1180 g/mol. The number of amides is 1. The number of nitrogens with one attached hydrogen (secondary N) is 1. The van der Waals surface area contributed by atoms with Gasteiger partial charge in [0.05, 0.1) is 25.4 Å². The maximum atomic E-state index is 12.5. The van der Waals surface area contributed by atoms with Crippen LogP contribution < -0.4 is 5.32 Å². The van der Waals surface area contributed by atoms with Crippen LogP contribution in [-0.2, 0) is 14.3 Å². The zero-order valence-corrected chi connectivity index (χ0v) is 56.9. The highest BCUT2D eigenvalue weighted by Crippen LogP contribution is 2.19. The van der Waals surface area contributed by atoms with E-state index in [1.807, 2.05) is 0 Å². The van der Waals surface area contributed by atoms with Crippen molar-refractivity contribution in [2.75, 3.05) is 13.2 Å². The van der Waals surface area contributed by atoms with Crippen molar-refractivity contribution in [2.24, 2.45) is 0 Å². The lowest BCUT2D eigenvalue weighted by Crippen LogP contribution is -2.45. The second-order valence-corrected chi connectivity index (χ2v) is 26.3. The van der Waals surface area contributed by atoms with Crippen molar-refractivity contribution in [1.82, 2.24) is 5.32 Å². The number of carbonyl (C=O) groups is 2. The summed E-state index contributed by atoms with van der Waals surface area (Å²) in [6.07, 6.45) is 95.2. The Morgan fingerprint density at radius 1 is 0.333 bits per heavy atom. The van der Waals surface area contributed by atoms with E-state index in [9.17, 15) is 19.8 Å². The highest BCUT2D eigenvalue weighted by molar-refractivity contribution is 5.76. The molecule has 0 radical (unpaired) electrons. The number of carbonyl (C=O) groups excluding carboxylic acids is 2. The molecule has 0 aliphatic carbocycles. The van der Waals surface area contributed by atoms with E-state index in [1.165, 1.54) is 340 Å². The molecule has 2 atom stereocenters. The van der Waals surface area contributed by atoms with Crippen LogP contribution in [0.5, 0.6) is 0 Å². The van der Waals surface area contributed by atoms with Gasteiger partial charge in [-0.2, -0.15) is 0 Å². The Balaban J connectivity index is 3.33. The van der Waals surface area contributed by atoms with Crippen LogP contribution in [0.2, 0.25) is 0 Å². The first-order valence-electron chi connectivity index (χ1n) is 38.2. The Bertz CT molecular complexity index is 1360. The Kier molecular flexibility index (Phi) is 71.9. The molecule has 2 unspecified atom stereocenters. The van der Waals surface area contributed by atoms with E-state index in [2.05, 4.69) is 55.6 Å². The van der Waals surface area contributed by atoms with Crippen LogP contribution in [-0.4, -0.2) is 47.4 Å². The second kappa shape index (κ2) is 73.5. The highest BCUT2D eigenvalue weighted by atomic mass is 16.5. The summed E-state index contributed by atoms with van der Waals surface area (Å²) in [4.78, 5) is 24.6. The van der Waals surface area contributed by atoms with E-state index in [-0.39, 0.29) is 18.5 Å². The summed E-state index contributed by atoms with van der Waals surface area (Å²) in [5, 5.41) is 23.4. The van der Waals surface area contributed by atoms with Crippen molar-refractivity contribution < 1.29 is 24.5 Å². The largest absolute Gasteiger partial charge is 0.466 e. The summed E-state index contributed by atoms with van der Waals surface area (Å²) < 4.78 is 5.49. The van der Waals surface area contributed by atoms with E-state index in [4.69, 9.17) is 4.74 Å². The van der Waals surface area contributed by atoms with Gasteiger partial charge in [-0.1, -0.05) is 365 Å². The van der Waals surface area contributed by atoms with Gasteiger partial charge in [-0.3, -0.25) is 9.59 Å². The van der Waals surface area contributed by atoms with Gasteiger partial charge in [0, 0.05) is 12.8 Å². The van der Waals surface area contributed by atoms with Crippen LogP contribution in [0, 0.1) is 0 Å². The van der Waals surface area contributed by atoms with Gasteiger partial charge in [0.1, 0.15) is 0 Å². The van der Waals surface area contributed by atoms with Crippen LogP contribution in [0.15, 0.2) is 36.5 Å². The van der Waals surface area contributed by atoms with Crippen molar-refractivity contribution in [3.8, 4) is 0 Å². The third-order valence-electron chi connectivity index (χ3n) is 17.9. The molecule has 84 heavy (non-hydrogen) atoms. The smallest absolute Gasteiger partial charge is 0.305 e. The third kappa shape index (κ3) is 69.2. The Morgan fingerprint density at radius 3 is 0.940 bits per heavy atom. The van der Waals surface area contributed by atoms with Gasteiger partial charge in [0.2, 0.25) is 5.91 Å². The van der Waals surface area contributed by atoms with E-state index >= 15 is 0 Å². The minimum atomic E-state index is -0.661. The number of allylic oxidation sites excluding steroid dienone is 6. The number of ether oxygens (including phenoxy) is 1. The first kappa shape index (κ1) is 82.1. The molecular weight excluding hydrogens is 1030 g/mol. The zero-order valence-electron chi connectivity index (χ0n) is 56.9. The Morgan fingerprint density at radius 2 is 0.595 bits per heavy atom. The van der Waals surface area contributed by atoms with Crippen LogP contribution in [0.3, 0.4) is 0 Å². The van der Waals surface area contributed by atoms with E-state index in [0.29, 0.717) is 25.9 Å². The summed E-state index contributed by atoms with van der Waals surface area (Å²) in [5.74, 6) is -0.0201. The summed E-state index contributed by atoms with van der Waals surface area (Å²) in [6, 6.07) is -0.538. The van der Waals surface area contributed by atoms with Crippen LogP contribution >= 0.6 is 0 Å². The van der Waals surface area contributed by atoms with Crippen molar-refractivity contribution in [1.29, 1.82) is 0 Å². The summed E-state index contributed by atoms with van der Waals surface area (Å²) in [6.45, 7) is 4.96. The molecule has 0 aromatic heterocycles. The van der Waals surface area contributed by atoms with E-state index in [1.54, 1.807) is 0 Å². The SMILES string of the molecule is CCCCC/C=C\C/C=C\CCCCCCCC(=O)OCCCCCCCCCCCCCCCCCC/C=C\CCCCCCCCCCCCCCCCCCCC(=O)NC(CO)C(O)CCCCCCCCCCCCCCCCC. The third-order valence-corrected chi connectivity index (χ3v) is 17.9. The molecule has 0 aliphatic rings. The zero-order chi connectivity index (χ0) is 60.6. The fourth-order valence-corrected chi connectivity index (χ4v) is 12.1. The van der Waals surface area contributed by atoms with E-state index < -0.39 is 12.1 Å². The molecule has 0 bridgehead atoms. The molecule has 0 saturated carbocycles. The number of hydrogen-bond donors (Lipinski definition) is 3. The molecule has 0 fully saturated rings. The van der Waals surface area contributed by atoms with Gasteiger partial charge in [0.25, 0.3) is 0 Å². The van der Waals surface area contributed by atoms with Crippen LogP contribution in [0.4, 0.5) is 0 Å². The summed E-state index contributed by atoms with van der Waals surface area (Å²) in [5.41, 5.74) is 0. The van der Waals surface area contributed by atoms with Crippen molar-refractivity contribution in [3.05, 3.63) is 36.5 Å². The summed E-state index contributed by atoms with van der Waals surface area (Å²) in [7, 11) is 0. The normalized spacial score (nSPS) is 12.7. The molecule has 0 aromatic rings. The number of hydrogen-bond acceptors (Lipinski definition) is 5. The maximum absolute atomic E-state index is 12.5. The fraction of sp³-hybridized carbons (Fsp3) is 0.897. The highest BCUT2D eigenvalue weighted by Gasteiger charge is 2.20. The number of unbranched alkanes of at least 4 members (excludes halogenated alkanes) is 55. The predicted molar refractivity (Wildman–Crippen MR) is 370 cm³/mol. The van der Waals surface area contributed by atoms with E-state index in [0.717, 1.165) is 51.4 Å². The van der Waals surface area contributed by atoms with Crippen LogP contribution in [0.25, 0.3) is 0 Å². The van der Waals surface area contributed by atoms with Gasteiger partial charge in [-0.15, -0.1) is 0 Å². The number of rotatable bonds is 72. The molecule has 0 saturated heterocycles. The minimum Gasteiger partial charge on any atom is -0.466 e. The lowest BCUT2D eigenvalue weighted by Gasteiger charge is -2.22. The molecular formula is C78H149NO5. The molecule has 6 heteroatoms. The van der Waals surface area contributed by atoms with Gasteiger partial charge in [-0.05, 0) is 83.5 Å². The molecule has 0 aliphatic heterocycles. The van der Waals surface area contributed by atoms with Crippen LogP contribution in [0.1, 0.15) is 425 Å². The topological polar surface area (TPSA) is 95.9 Å². The molecule has 0 heterocycles.